The summed E-state index contributed by atoms with van der Waals surface area (Å²) in [5, 5.41) is 6.79. The first-order valence-electron chi connectivity index (χ1n) is 9.63. The van der Waals surface area contributed by atoms with Crippen molar-refractivity contribution in [2.45, 2.75) is 59.4 Å². The van der Waals surface area contributed by atoms with Crippen molar-refractivity contribution in [3.05, 3.63) is 29.4 Å². The average molecular weight is 466 g/mol. The van der Waals surface area contributed by atoms with Crippen molar-refractivity contribution < 1.29 is 28.7 Å². The Kier molecular flexibility index (Phi) is 8.11. The predicted molar refractivity (Wildman–Crippen MR) is 118 cm³/mol. The number of hydroxylamine groups is 1. The van der Waals surface area contributed by atoms with Gasteiger partial charge in [-0.1, -0.05) is 0 Å². The second kappa shape index (κ2) is 10.4. The molecule has 3 N–H and O–H groups in total. The number of nitrogens with zero attached hydrogens (tertiary/aromatic N) is 2. The molecule has 0 spiro atoms. The standard InChI is InChI=1S/C20H27N5O6S/c1-19(2,3)30-17(27)24-16(26)23-14-11-32-15(22-14)12-7-8-13(21-9-12)10-29-25-18(28)31-20(4,5)6/h7-9,11H,10H2,1-6H3,(H,25,28)(H2,23,24,26,27). The number of imide groups is 1. The molecule has 0 aliphatic carbocycles. The van der Waals surface area contributed by atoms with Gasteiger partial charge in [0.05, 0.1) is 5.69 Å². The molecule has 0 saturated heterocycles. The number of thiazole rings is 1. The molecule has 0 fully saturated rings. The van der Waals surface area contributed by atoms with E-state index in [1.807, 2.05) is 0 Å². The Balaban J connectivity index is 1.84. The van der Waals surface area contributed by atoms with Gasteiger partial charge in [0.15, 0.2) is 0 Å². The number of carbonyl (C=O) groups excluding carboxylic acids is 3. The molecule has 0 aliphatic rings. The summed E-state index contributed by atoms with van der Waals surface area (Å²) in [5.41, 5.74) is 2.16. The van der Waals surface area contributed by atoms with E-state index in [1.54, 1.807) is 65.3 Å². The molecular weight excluding hydrogens is 438 g/mol. The third-order valence-electron chi connectivity index (χ3n) is 3.21. The number of alkyl carbamates (subject to hydrolysis) is 1. The summed E-state index contributed by atoms with van der Waals surface area (Å²) >= 11 is 1.29. The number of nitrogens with one attached hydrogen (secondary N) is 3. The van der Waals surface area contributed by atoms with Crippen LogP contribution in [0.4, 0.5) is 20.2 Å². The van der Waals surface area contributed by atoms with E-state index in [0.717, 1.165) is 5.56 Å². The predicted octanol–water partition coefficient (Wildman–Crippen LogP) is 4.22. The van der Waals surface area contributed by atoms with Crippen LogP contribution in [0.15, 0.2) is 23.7 Å². The van der Waals surface area contributed by atoms with Gasteiger partial charge in [0, 0.05) is 17.1 Å². The van der Waals surface area contributed by atoms with E-state index >= 15 is 0 Å². The average Bonchev–Trinajstić information content (AvgIpc) is 3.07. The van der Waals surface area contributed by atoms with E-state index in [4.69, 9.17) is 14.3 Å². The van der Waals surface area contributed by atoms with E-state index in [1.165, 1.54) is 11.3 Å². The normalized spacial score (nSPS) is 11.4. The number of carbonyl (C=O) groups is 3. The lowest BCUT2D eigenvalue weighted by molar-refractivity contribution is -0.0144. The molecule has 0 bridgehead atoms. The first-order chi connectivity index (χ1) is 14.8. The van der Waals surface area contributed by atoms with Gasteiger partial charge in [-0.05, 0) is 53.7 Å². The Bertz CT molecular complexity index is 947. The molecule has 2 heterocycles. The van der Waals surface area contributed by atoms with Crippen LogP contribution in [0.5, 0.6) is 0 Å². The highest BCUT2D eigenvalue weighted by atomic mass is 32.1. The Labute approximate surface area is 189 Å². The van der Waals surface area contributed by atoms with Gasteiger partial charge in [-0.15, -0.1) is 11.3 Å². The smallest absolute Gasteiger partial charge is 0.431 e. The van der Waals surface area contributed by atoms with Crippen LogP contribution in [0.1, 0.15) is 47.2 Å². The summed E-state index contributed by atoms with van der Waals surface area (Å²) in [7, 11) is 0. The lowest BCUT2D eigenvalue weighted by Gasteiger charge is -2.19. The van der Waals surface area contributed by atoms with Crippen LogP contribution in [-0.4, -0.2) is 39.4 Å². The number of ether oxygens (including phenoxy) is 2. The molecule has 2 rings (SSSR count). The summed E-state index contributed by atoms with van der Waals surface area (Å²) < 4.78 is 10.1. The molecule has 0 radical (unpaired) electrons. The topological polar surface area (TPSA) is 141 Å². The molecule has 0 aliphatic heterocycles. The number of hydrogen-bond donors (Lipinski definition) is 3. The van der Waals surface area contributed by atoms with Gasteiger partial charge in [0.1, 0.15) is 28.6 Å². The Morgan fingerprint density at radius 1 is 1.00 bits per heavy atom. The van der Waals surface area contributed by atoms with Gasteiger partial charge in [0.2, 0.25) is 0 Å². The lowest BCUT2D eigenvalue weighted by Crippen LogP contribution is -2.38. The summed E-state index contributed by atoms with van der Waals surface area (Å²) in [4.78, 5) is 48.7. The zero-order chi connectivity index (χ0) is 23.9. The van der Waals surface area contributed by atoms with Crippen LogP contribution >= 0.6 is 11.3 Å². The molecule has 2 aromatic heterocycles. The minimum atomic E-state index is -0.853. The Hall–Kier alpha value is -3.25. The van der Waals surface area contributed by atoms with Crippen LogP contribution in [-0.2, 0) is 20.9 Å². The first kappa shape index (κ1) is 25.0. The highest BCUT2D eigenvalue weighted by Gasteiger charge is 2.19. The Morgan fingerprint density at radius 2 is 1.66 bits per heavy atom. The first-order valence-corrected chi connectivity index (χ1v) is 10.5. The second-order valence-electron chi connectivity index (χ2n) is 8.55. The number of anilines is 1. The maximum Gasteiger partial charge on any atom is 0.431 e. The van der Waals surface area contributed by atoms with Crippen LogP contribution in [0, 0.1) is 0 Å². The molecule has 12 heteroatoms. The van der Waals surface area contributed by atoms with Gasteiger partial charge < -0.3 is 9.47 Å². The largest absolute Gasteiger partial charge is 0.443 e. The zero-order valence-corrected chi connectivity index (χ0v) is 19.6. The van der Waals surface area contributed by atoms with Crippen LogP contribution in [0.25, 0.3) is 10.6 Å². The van der Waals surface area contributed by atoms with Crippen LogP contribution in [0.2, 0.25) is 0 Å². The molecule has 11 nitrogen and oxygen atoms in total. The molecule has 0 unspecified atom stereocenters. The number of rotatable bonds is 5. The zero-order valence-electron chi connectivity index (χ0n) is 18.8. The van der Waals surface area contributed by atoms with Crippen molar-refractivity contribution >= 4 is 35.4 Å². The SMILES string of the molecule is CC(C)(C)OC(=O)NOCc1ccc(-c2nc(NC(=O)NC(=O)OC(C)(C)C)cs2)cn1. The van der Waals surface area contributed by atoms with E-state index in [9.17, 15) is 14.4 Å². The molecule has 4 amide bonds. The summed E-state index contributed by atoms with van der Waals surface area (Å²) in [6, 6.07) is 2.75. The fourth-order valence-electron chi connectivity index (χ4n) is 2.11. The van der Waals surface area contributed by atoms with Crippen LogP contribution in [0.3, 0.4) is 0 Å². The maximum atomic E-state index is 11.9. The monoisotopic (exact) mass is 465 g/mol. The van der Waals surface area contributed by atoms with Crippen molar-refractivity contribution in [1.29, 1.82) is 0 Å². The molecule has 174 valence electrons. The van der Waals surface area contributed by atoms with Crippen molar-refractivity contribution in [3.8, 4) is 10.6 Å². The molecule has 0 saturated carbocycles. The summed E-state index contributed by atoms with van der Waals surface area (Å²) in [5.74, 6) is 0.278. The Morgan fingerprint density at radius 3 is 2.25 bits per heavy atom. The highest BCUT2D eigenvalue weighted by Crippen LogP contribution is 2.25. The van der Waals surface area contributed by atoms with Gasteiger partial charge >= 0.3 is 18.2 Å². The van der Waals surface area contributed by atoms with E-state index in [2.05, 4.69) is 26.1 Å². The maximum absolute atomic E-state index is 11.9. The van der Waals surface area contributed by atoms with Crippen LogP contribution < -0.4 is 16.1 Å². The molecule has 2 aromatic rings. The number of pyridine rings is 1. The number of aromatic nitrogens is 2. The van der Waals surface area contributed by atoms with Gasteiger partial charge in [-0.2, -0.15) is 5.48 Å². The second-order valence-corrected chi connectivity index (χ2v) is 9.41. The van der Waals surface area contributed by atoms with Crippen molar-refractivity contribution in [3.63, 3.8) is 0 Å². The minimum Gasteiger partial charge on any atom is -0.443 e. The van der Waals surface area contributed by atoms with E-state index in [-0.39, 0.29) is 12.4 Å². The van der Waals surface area contributed by atoms with Gasteiger partial charge in [0.25, 0.3) is 0 Å². The highest BCUT2D eigenvalue weighted by molar-refractivity contribution is 7.13. The third kappa shape index (κ3) is 9.27. The number of hydrogen-bond acceptors (Lipinski definition) is 9. The minimum absolute atomic E-state index is 0.0506. The number of amides is 4. The summed E-state index contributed by atoms with van der Waals surface area (Å²) in [6.07, 6.45) is 0.0523. The van der Waals surface area contributed by atoms with Gasteiger partial charge in [-0.3, -0.25) is 15.1 Å². The lowest BCUT2D eigenvalue weighted by atomic mass is 10.2. The fourth-order valence-corrected chi connectivity index (χ4v) is 2.85. The van der Waals surface area contributed by atoms with E-state index < -0.39 is 29.4 Å². The van der Waals surface area contributed by atoms with Gasteiger partial charge in [-0.25, -0.2) is 24.7 Å². The molecule has 32 heavy (non-hydrogen) atoms. The number of urea groups is 1. The van der Waals surface area contributed by atoms with Crippen molar-refractivity contribution in [2.75, 3.05) is 5.32 Å². The van der Waals surface area contributed by atoms with E-state index in [0.29, 0.717) is 10.7 Å². The molecule has 0 atom stereocenters. The molecule has 0 aromatic carbocycles. The fraction of sp³-hybridized carbons (Fsp3) is 0.450. The quantitative estimate of drug-likeness (QED) is 0.558. The third-order valence-corrected chi connectivity index (χ3v) is 4.10. The summed E-state index contributed by atoms with van der Waals surface area (Å²) in [6.45, 7) is 10.4. The van der Waals surface area contributed by atoms with Crippen molar-refractivity contribution in [1.82, 2.24) is 20.8 Å². The van der Waals surface area contributed by atoms with Crippen molar-refractivity contribution in [2.24, 2.45) is 0 Å². The molecular formula is C20H27N5O6S.